The molecule has 0 atom stereocenters. The van der Waals surface area contributed by atoms with E-state index in [1.165, 1.54) is 0 Å². The van der Waals surface area contributed by atoms with Crippen molar-refractivity contribution in [2.45, 2.75) is 0 Å². The lowest BCUT2D eigenvalue weighted by Crippen LogP contribution is -2.22. The number of benzene rings is 1. The number of primary amides is 1. The second kappa shape index (κ2) is 3.80. The first-order valence-corrected chi connectivity index (χ1v) is 3.68. The summed E-state index contributed by atoms with van der Waals surface area (Å²) >= 11 is 0. The first-order valence-electron chi connectivity index (χ1n) is 3.68. The molecule has 0 bridgehead atoms. The van der Waals surface area contributed by atoms with Gasteiger partial charge in [-0.15, -0.1) is 0 Å². The van der Waals surface area contributed by atoms with Crippen LogP contribution in [0, 0.1) is 23.3 Å². The summed E-state index contributed by atoms with van der Waals surface area (Å²) in [6.45, 7) is 0. The Balaban J connectivity index is 3.83. The molecular weight excluding hydrogens is 234 g/mol. The van der Waals surface area contributed by atoms with E-state index in [9.17, 15) is 27.2 Å². The molecule has 0 aliphatic carbocycles. The Morgan fingerprint density at radius 2 is 1.25 bits per heavy atom. The molecule has 1 rings (SSSR count). The van der Waals surface area contributed by atoms with Crippen LogP contribution in [0.15, 0.2) is 0 Å². The lowest BCUT2D eigenvalue weighted by Gasteiger charge is -2.07. The van der Waals surface area contributed by atoms with Gasteiger partial charge in [-0.2, -0.15) is 0 Å². The smallest absolute Gasteiger partial charge is 0.339 e. The second-order valence-electron chi connectivity index (χ2n) is 2.68. The minimum Gasteiger partial charge on any atom is -0.478 e. The molecule has 1 amide bonds. The summed E-state index contributed by atoms with van der Waals surface area (Å²) in [6, 6.07) is 0. The van der Waals surface area contributed by atoms with E-state index in [-0.39, 0.29) is 0 Å². The highest BCUT2D eigenvalue weighted by atomic mass is 19.2. The van der Waals surface area contributed by atoms with Crippen molar-refractivity contribution in [3.05, 3.63) is 34.4 Å². The summed E-state index contributed by atoms with van der Waals surface area (Å²) in [5.74, 6) is -12.8. The van der Waals surface area contributed by atoms with Crippen LogP contribution in [0.1, 0.15) is 20.7 Å². The Hall–Kier alpha value is -2.12. The minimum atomic E-state index is -2.32. The number of carbonyl (C=O) groups excluding carboxylic acids is 1. The largest absolute Gasteiger partial charge is 0.478 e. The Morgan fingerprint density at radius 1 is 0.875 bits per heavy atom. The molecule has 0 saturated carbocycles. The fourth-order valence-corrected chi connectivity index (χ4v) is 1.06. The lowest BCUT2D eigenvalue weighted by atomic mass is 10.0. The molecule has 1 aromatic rings. The third-order valence-electron chi connectivity index (χ3n) is 1.73. The molecular formula is C8H3F4NO3. The van der Waals surface area contributed by atoms with Gasteiger partial charge in [0.15, 0.2) is 23.3 Å². The molecule has 0 unspecified atom stereocenters. The number of nitrogens with two attached hydrogens (primary N) is 1. The zero-order valence-corrected chi connectivity index (χ0v) is 7.35. The summed E-state index contributed by atoms with van der Waals surface area (Å²) in [5, 5.41) is 8.43. The van der Waals surface area contributed by atoms with Crippen LogP contribution in [-0.2, 0) is 0 Å². The third-order valence-corrected chi connectivity index (χ3v) is 1.73. The molecule has 0 radical (unpaired) electrons. The monoisotopic (exact) mass is 237 g/mol. The maximum Gasteiger partial charge on any atom is 0.339 e. The first kappa shape index (κ1) is 12.0. The van der Waals surface area contributed by atoms with E-state index in [4.69, 9.17) is 5.11 Å². The molecule has 0 heterocycles. The number of amides is 1. The number of hydrogen-bond acceptors (Lipinski definition) is 2. The van der Waals surface area contributed by atoms with Gasteiger partial charge in [-0.25, -0.2) is 22.4 Å². The number of rotatable bonds is 2. The number of hydrogen-bond donors (Lipinski definition) is 2. The SMILES string of the molecule is NC(=O)c1c(F)c(F)c(F)c(F)c1C(=O)O. The maximum absolute atomic E-state index is 13.0. The van der Waals surface area contributed by atoms with Crippen LogP contribution in [0.5, 0.6) is 0 Å². The topological polar surface area (TPSA) is 80.4 Å². The lowest BCUT2D eigenvalue weighted by molar-refractivity contribution is 0.0683. The average Bonchev–Trinajstić information content (AvgIpc) is 2.18. The van der Waals surface area contributed by atoms with Gasteiger partial charge in [0.2, 0.25) is 0 Å². The van der Waals surface area contributed by atoms with Crippen LogP contribution in [0.3, 0.4) is 0 Å². The van der Waals surface area contributed by atoms with E-state index < -0.39 is 46.3 Å². The summed E-state index contributed by atoms with van der Waals surface area (Å²) < 4.78 is 51.2. The van der Waals surface area contributed by atoms with Gasteiger partial charge < -0.3 is 10.8 Å². The molecule has 1 aromatic carbocycles. The van der Waals surface area contributed by atoms with Crippen molar-refractivity contribution >= 4 is 11.9 Å². The van der Waals surface area contributed by atoms with Gasteiger partial charge >= 0.3 is 5.97 Å². The first-order chi connectivity index (χ1) is 7.29. The van der Waals surface area contributed by atoms with Crippen LogP contribution in [-0.4, -0.2) is 17.0 Å². The standard InChI is InChI=1S/C8H3F4NO3/c9-3-1(7(13)14)2(8(15)16)4(10)6(12)5(3)11/h(H2,13,14)(H,15,16). The van der Waals surface area contributed by atoms with Crippen molar-refractivity contribution < 1.29 is 32.3 Å². The summed E-state index contributed by atoms with van der Waals surface area (Å²) in [5.41, 5.74) is 1.37. The zero-order chi connectivity index (χ0) is 12.6. The van der Waals surface area contributed by atoms with E-state index in [0.29, 0.717) is 0 Å². The van der Waals surface area contributed by atoms with Crippen LogP contribution in [0.2, 0.25) is 0 Å². The van der Waals surface area contributed by atoms with E-state index in [1.54, 1.807) is 0 Å². The third kappa shape index (κ3) is 1.58. The Bertz CT molecular complexity index is 456. The van der Waals surface area contributed by atoms with Crippen LogP contribution < -0.4 is 5.73 Å². The van der Waals surface area contributed by atoms with Crippen molar-refractivity contribution in [1.29, 1.82) is 0 Å². The predicted octanol–water partition coefficient (Wildman–Crippen LogP) is 1.04. The molecule has 0 aliphatic rings. The van der Waals surface area contributed by atoms with Crippen molar-refractivity contribution in [3.8, 4) is 0 Å². The molecule has 86 valence electrons. The summed E-state index contributed by atoms with van der Waals surface area (Å²) in [4.78, 5) is 21.1. The summed E-state index contributed by atoms with van der Waals surface area (Å²) in [6.07, 6.45) is 0. The highest BCUT2D eigenvalue weighted by molar-refractivity contribution is 6.04. The van der Waals surface area contributed by atoms with Gasteiger partial charge in [-0.1, -0.05) is 0 Å². The van der Waals surface area contributed by atoms with Gasteiger partial charge in [-0.3, -0.25) is 4.79 Å². The van der Waals surface area contributed by atoms with Crippen LogP contribution in [0.25, 0.3) is 0 Å². The normalized spacial score (nSPS) is 10.2. The number of carboxylic acid groups (broad SMARTS) is 1. The number of halogens is 4. The zero-order valence-electron chi connectivity index (χ0n) is 7.35. The molecule has 0 aliphatic heterocycles. The van der Waals surface area contributed by atoms with Crippen molar-refractivity contribution in [2.75, 3.05) is 0 Å². The highest BCUT2D eigenvalue weighted by Gasteiger charge is 2.31. The van der Waals surface area contributed by atoms with Crippen LogP contribution >= 0.6 is 0 Å². The van der Waals surface area contributed by atoms with E-state index in [0.717, 1.165) is 0 Å². The number of aromatic carboxylic acids is 1. The maximum atomic E-state index is 13.0. The fraction of sp³-hybridized carbons (Fsp3) is 0. The number of carboxylic acids is 1. The number of carbonyl (C=O) groups is 2. The molecule has 16 heavy (non-hydrogen) atoms. The molecule has 0 fully saturated rings. The molecule has 0 saturated heterocycles. The van der Waals surface area contributed by atoms with Gasteiger partial charge in [0.1, 0.15) is 5.56 Å². The van der Waals surface area contributed by atoms with Crippen molar-refractivity contribution in [1.82, 2.24) is 0 Å². The van der Waals surface area contributed by atoms with Gasteiger partial charge in [-0.05, 0) is 0 Å². The second-order valence-corrected chi connectivity index (χ2v) is 2.68. The van der Waals surface area contributed by atoms with Crippen molar-refractivity contribution in [3.63, 3.8) is 0 Å². The Labute approximate surface area is 85.3 Å². The minimum absolute atomic E-state index is 1.54. The molecule has 0 spiro atoms. The predicted molar refractivity (Wildman–Crippen MR) is 41.8 cm³/mol. The fourth-order valence-electron chi connectivity index (χ4n) is 1.06. The van der Waals surface area contributed by atoms with Gasteiger partial charge in [0.25, 0.3) is 5.91 Å². The van der Waals surface area contributed by atoms with E-state index in [1.807, 2.05) is 0 Å². The average molecular weight is 237 g/mol. The quantitative estimate of drug-likeness (QED) is 0.458. The van der Waals surface area contributed by atoms with E-state index in [2.05, 4.69) is 5.73 Å². The van der Waals surface area contributed by atoms with Gasteiger partial charge in [0.05, 0.1) is 5.56 Å². The molecule has 4 nitrogen and oxygen atoms in total. The Kier molecular flexibility index (Phi) is 2.84. The van der Waals surface area contributed by atoms with Crippen molar-refractivity contribution in [2.24, 2.45) is 5.73 Å². The van der Waals surface area contributed by atoms with Crippen LogP contribution in [0.4, 0.5) is 17.6 Å². The summed E-state index contributed by atoms with van der Waals surface area (Å²) in [7, 11) is 0. The van der Waals surface area contributed by atoms with E-state index >= 15 is 0 Å². The molecule has 8 heteroatoms. The highest BCUT2D eigenvalue weighted by Crippen LogP contribution is 2.23. The van der Waals surface area contributed by atoms with Gasteiger partial charge in [0, 0.05) is 0 Å². The molecule has 0 aromatic heterocycles. The molecule has 3 N–H and O–H groups in total. The Morgan fingerprint density at radius 3 is 1.56 bits per heavy atom.